The molecule has 10 rings (SSSR count). The highest BCUT2D eigenvalue weighted by Crippen LogP contribution is 2.46. The van der Waals surface area contributed by atoms with E-state index in [1.807, 2.05) is 110 Å². The number of hydrogen-bond acceptors (Lipinski definition) is 5. The number of nitrogens with zero attached hydrogens (tertiary/aromatic N) is 4. The molecule has 0 bridgehead atoms. The maximum absolute atomic E-state index is 6.41. The maximum Gasteiger partial charge on any atom is 0.164 e. The van der Waals surface area contributed by atoms with Crippen LogP contribution >= 0.6 is 0 Å². The molecule has 0 fully saturated rings. The normalized spacial score (nSPS) is 11.7. The van der Waals surface area contributed by atoms with E-state index in [2.05, 4.69) is 65.2 Å². The number of rotatable bonds is 6. The fraction of sp³-hybridized carbons (Fsp3) is 0.0217. The van der Waals surface area contributed by atoms with E-state index in [4.69, 9.17) is 24.4 Å². The third-order valence-electron chi connectivity index (χ3n) is 9.62. The third-order valence-corrected chi connectivity index (χ3v) is 9.62. The number of benzene rings is 7. The van der Waals surface area contributed by atoms with Gasteiger partial charge < -0.3 is 14.0 Å². The van der Waals surface area contributed by atoms with Gasteiger partial charge in [0, 0.05) is 27.5 Å². The summed E-state index contributed by atoms with van der Waals surface area (Å²) < 4.78 is 15.0. The Morgan fingerprint density at radius 1 is 0.481 bits per heavy atom. The van der Waals surface area contributed by atoms with Gasteiger partial charge in [-0.2, -0.15) is 0 Å². The van der Waals surface area contributed by atoms with E-state index in [-0.39, 0.29) is 0 Å². The lowest BCUT2D eigenvalue weighted by Crippen LogP contribution is -2.03. The molecule has 7 aromatic carbocycles. The first-order valence-electron chi connectivity index (χ1n) is 17.3. The minimum atomic E-state index is 0.612. The predicted octanol–water partition coefficient (Wildman–Crippen LogP) is 11.8. The van der Waals surface area contributed by atoms with Gasteiger partial charge in [-0.1, -0.05) is 103 Å². The molecule has 0 aliphatic carbocycles. The van der Waals surface area contributed by atoms with E-state index in [0.717, 1.165) is 73.1 Å². The van der Waals surface area contributed by atoms with Gasteiger partial charge >= 0.3 is 0 Å². The van der Waals surface area contributed by atoms with E-state index < -0.39 is 0 Å². The molecule has 3 heterocycles. The Kier molecular flexibility index (Phi) is 6.93. The van der Waals surface area contributed by atoms with Gasteiger partial charge in [0.1, 0.15) is 11.5 Å². The number of ether oxygens (including phenoxy) is 2. The second kappa shape index (κ2) is 12.1. The monoisotopic (exact) mass is 670 g/mol. The van der Waals surface area contributed by atoms with Crippen LogP contribution in [-0.4, -0.2) is 19.5 Å². The van der Waals surface area contributed by atoms with Crippen molar-refractivity contribution in [3.8, 4) is 74.0 Å². The lowest BCUT2D eigenvalue weighted by molar-refractivity contribution is 0.476. The van der Waals surface area contributed by atoms with Gasteiger partial charge in [-0.25, -0.2) is 15.0 Å². The average Bonchev–Trinajstić information content (AvgIpc) is 3.54. The van der Waals surface area contributed by atoms with Gasteiger partial charge in [0.05, 0.1) is 16.7 Å². The van der Waals surface area contributed by atoms with Crippen LogP contribution in [0.25, 0.3) is 72.8 Å². The second-order valence-corrected chi connectivity index (χ2v) is 12.9. The van der Waals surface area contributed by atoms with Crippen molar-refractivity contribution in [2.45, 2.75) is 6.92 Å². The number of para-hydroxylation sites is 3. The quantitative estimate of drug-likeness (QED) is 0.176. The number of hydrogen-bond donors (Lipinski definition) is 0. The van der Waals surface area contributed by atoms with E-state index >= 15 is 0 Å². The molecule has 6 heteroatoms. The van der Waals surface area contributed by atoms with Crippen molar-refractivity contribution in [3.63, 3.8) is 0 Å². The summed E-state index contributed by atoms with van der Waals surface area (Å²) in [5.74, 6) is 5.16. The molecule has 0 amide bonds. The Balaban J connectivity index is 0.944. The van der Waals surface area contributed by atoms with Gasteiger partial charge in [-0.15, -0.1) is 0 Å². The molecule has 6 nitrogen and oxygen atoms in total. The summed E-state index contributed by atoms with van der Waals surface area (Å²) in [6, 6.07) is 55.5. The summed E-state index contributed by atoms with van der Waals surface area (Å²) in [7, 11) is 0. The molecule has 9 aromatic rings. The van der Waals surface area contributed by atoms with Crippen molar-refractivity contribution in [1.29, 1.82) is 0 Å². The SMILES string of the molecule is Cc1cc(-c2nc(-c3ccccc3)nc(-c3ccccc3)n2)ccc1Oc1ccc(-c2ccc3c(c2)c2cccc4c2n3-c2ccccc2O4)cc1. The molecule has 1 aliphatic heterocycles. The first-order chi connectivity index (χ1) is 25.7. The van der Waals surface area contributed by atoms with Crippen molar-refractivity contribution in [3.05, 3.63) is 169 Å². The minimum absolute atomic E-state index is 0.612. The fourth-order valence-corrected chi connectivity index (χ4v) is 7.08. The molecule has 2 aromatic heterocycles. The zero-order chi connectivity index (χ0) is 34.6. The first kappa shape index (κ1) is 29.8. The van der Waals surface area contributed by atoms with E-state index in [1.54, 1.807) is 0 Å². The Hall–Kier alpha value is -7.05. The fourth-order valence-electron chi connectivity index (χ4n) is 7.08. The molecule has 1 aliphatic rings. The highest BCUT2D eigenvalue weighted by molar-refractivity contribution is 6.13. The molecule has 0 radical (unpaired) electrons. The minimum Gasteiger partial charge on any atom is -0.457 e. The van der Waals surface area contributed by atoms with Gasteiger partial charge in [-0.3, -0.25) is 0 Å². The van der Waals surface area contributed by atoms with Crippen LogP contribution in [-0.2, 0) is 0 Å². The first-order valence-corrected chi connectivity index (χ1v) is 17.3. The van der Waals surface area contributed by atoms with Crippen LogP contribution in [0.4, 0.5) is 0 Å². The van der Waals surface area contributed by atoms with Gasteiger partial charge in [-0.05, 0) is 84.3 Å². The van der Waals surface area contributed by atoms with Crippen molar-refractivity contribution in [2.24, 2.45) is 0 Å². The van der Waals surface area contributed by atoms with Crippen LogP contribution in [0.1, 0.15) is 5.56 Å². The average molecular weight is 671 g/mol. The zero-order valence-electron chi connectivity index (χ0n) is 28.2. The number of fused-ring (bicyclic) bond motifs is 5. The predicted molar refractivity (Wildman–Crippen MR) is 207 cm³/mol. The summed E-state index contributed by atoms with van der Waals surface area (Å²) in [6.45, 7) is 2.04. The Bertz CT molecular complexity index is 2740. The molecular formula is C46H30N4O2. The molecule has 0 atom stereocenters. The highest BCUT2D eigenvalue weighted by atomic mass is 16.5. The van der Waals surface area contributed by atoms with Gasteiger partial charge in [0.2, 0.25) is 0 Å². The van der Waals surface area contributed by atoms with Gasteiger partial charge in [0.15, 0.2) is 29.0 Å². The van der Waals surface area contributed by atoms with Crippen LogP contribution in [0.3, 0.4) is 0 Å². The molecule has 246 valence electrons. The topological polar surface area (TPSA) is 62.1 Å². The summed E-state index contributed by atoms with van der Waals surface area (Å²) in [5.41, 5.74) is 9.32. The molecular weight excluding hydrogens is 641 g/mol. The molecule has 0 saturated heterocycles. The smallest absolute Gasteiger partial charge is 0.164 e. The van der Waals surface area contributed by atoms with E-state index in [1.165, 1.54) is 10.8 Å². The summed E-state index contributed by atoms with van der Waals surface area (Å²) in [5, 5.41) is 2.36. The van der Waals surface area contributed by atoms with Crippen LogP contribution in [0, 0.1) is 6.92 Å². The third kappa shape index (κ3) is 5.08. The van der Waals surface area contributed by atoms with Crippen LogP contribution < -0.4 is 9.47 Å². The standard InChI is InChI=1S/C46H30N4O2/c1-29-27-34(46-48-44(31-11-4-2-5-12-31)47-45(49-46)32-13-6-3-7-14-32)22-26-40(29)51-35-23-19-30(20-24-35)33-21-25-38-37(28-33)36-15-10-18-42-43(36)50(38)39-16-8-9-17-41(39)52-42/h2-28H,1H3. The van der Waals surface area contributed by atoms with Crippen LogP contribution in [0.15, 0.2) is 164 Å². The summed E-state index contributed by atoms with van der Waals surface area (Å²) >= 11 is 0. The van der Waals surface area contributed by atoms with Crippen molar-refractivity contribution >= 4 is 21.8 Å². The molecule has 0 unspecified atom stereocenters. The molecule has 0 saturated carbocycles. The van der Waals surface area contributed by atoms with Crippen molar-refractivity contribution in [1.82, 2.24) is 19.5 Å². The molecule has 0 spiro atoms. The Morgan fingerprint density at radius 2 is 1.10 bits per heavy atom. The van der Waals surface area contributed by atoms with Crippen molar-refractivity contribution < 1.29 is 9.47 Å². The summed E-state index contributed by atoms with van der Waals surface area (Å²) in [6.07, 6.45) is 0. The maximum atomic E-state index is 6.41. The van der Waals surface area contributed by atoms with Crippen LogP contribution in [0.5, 0.6) is 23.0 Å². The number of aromatic nitrogens is 4. The second-order valence-electron chi connectivity index (χ2n) is 12.9. The lowest BCUT2D eigenvalue weighted by Gasteiger charge is -2.20. The Morgan fingerprint density at radius 3 is 1.81 bits per heavy atom. The zero-order valence-corrected chi connectivity index (χ0v) is 28.2. The number of aryl methyl sites for hydroxylation is 1. The van der Waals surface area contributed by atoms with E-state index in [0.29, 0.717) is 17.5 Å². The summed E-state index contributed by atoms with van der Waals surface area (Å²) in [4.78, 5) is 14.6. The molecule has 0 N–H and O–H groups in total. The van der Waals surface area contributed by atoms with E-state index in [9.17, 15) is 0 Å². The van der Waals surface area contributed by atoms with Crippen LogP contribution in [0.2, 0.25) is 0 Å². The largest absolute Gasteiger partial charge is 0.457 e. The molecule has 52 heavy (non-hydrogen) atoms. The Labute approximate surface area is 300 Å². The van der Waals surface area contributed by atoms with Crippen molar-refractivity contribution in [2.75, 3.05) is 0 Å². The van der Waals surface area contributed by atoms with Gasteiger partial charge in [0.25, 0.3) is 0 Å². The highest BCUT2D eigenvalue weighted by Gasteiger charge is 2.23. The lowest BCUT2D eigenvalue weighted by atomic mass is 10.0.